The lowest BCUT2D eigenvalue weighted by molar-refractivity contribution is 0.221. The van der Waals surface area contributed by atoms with E-state index in [1.54, 1.807) is 0 Å². The van der Waals surface area contributed by atoms with Gasteiger partial charge >= 0.3 is 0 Å². The van der Waals surface area contributed by atoms with Crippen LogP contribution in [-0.2, 0) is 10.1 Å². The summed E-state index contributed by atoms with van der Waals surface area (Å²) in [4.78, 5) is 0. The quantitative estimate of drug-likeness (QED) is 0.518. The lowest BCUT2D eigenvalue weighted by atomic mass is 9.69. The van der Waals surface area contributed by atoms with Crippen LogP contribution in [0.25, 0.3) is 0 Å². The maximum Gasteiger partial charge on any atom is 0.268 e. The van der Waals surface area contributed by atoms with Crippen LogP contribution in [0.5, 0.6) is 0 Å². The zero-order valence-corrected chi connectivity index (χ0v) is 8.65. The molecule has 1 saturated carbocycles. The predicted octanol–water partition coefficient (Wildman–Crippen LogP) is 0.414. The van der Waals surface area contributed by atoms with Crippen LogP contribution in [0, 0.1) is 17.8 Å². The molecule has 1 fully saturated rings. The SMILES string of the molecule is NCC1C2C=CC(CC2)C1S(=O)(=O)O. The third kappa shape index (κ3) is 1.49. The molecular weight excluding hydrogens is 202 g/mol. The average molecular weight is 217 g/mol. The first-order valence-electron chi connectivity index (χ1n) is 4.88. The average Bonchev–Trinajstić information content (AvgIpc) is 2.16. The maximum atomic E-state index is 11.2. The van der Waals surface area contributed by atoms with E-state index in [1.807, 2.05) is 12.2 Å². The summed E-state index contributed by atoms with van der Waals surface area (Å²) in [7, 11) is -3.95. The van der Waals surface area contributed by atoms with Gasteiger partial charge in [0.05, 0.1) is 5.25 Å². The zero-order chi connectivity index (χ0) is 10.3. The highest BCUT2D eigenvalue weighted by molar-refractivity contribution is 7.86. The van der Waals surface area contributed by atoms with Gasteiger partial charge < -0.3 is 5.73 Å². The Hall–Kier alpha value is -0.390. The molecular formula is C9H15NO3S. The summed E-state index contributed by atoms with van der Waals surface area (Å²) in [5.74, 6) is 0.0919. The van der Waals surface area contributed by atoms with Crippen LogP contribution in [0.1, 0.15) is 12.8 Å². The molecule has 0 amide bonds. The first-order valence-corrected chi connectivity index (χ1v) is 6.39. The highest BCUT2D eigenvalue weighted by atomic mass is 32.2. The van der Waals surface area contributed by atoms with Gasteiger partial charge in [-0.2, -0.15) is 8.42 Å². The van der Waals surface area contributed by atoms with Crippen LogP contribution in [0.4, 0.5) is 0 Å². The lowest BCUT2D eigenvalue weighted by Crippen LogP contribution is -2.48. The molecule has 0 aromatic heterocycles. The van der Waals surface area contributed by atoms with Crippen LogP contribution in [0.2, 0.25) is 0 Å². The molecule has 4 unspecified atom stereocenters. The third-order valence-corrected chi connectivity index (χ3v) is 4.84. The van der Waals surface area contributed by atoms with E-state index in [0.717, 1.165) is 12.8 Å². The molecule has 0 heterocycles. The van der Waals surface area contributed by atoms with Crippen LogP contribution in [0.15, 0.2) is 12.2 Å². The van der Waals surface area contributed by atoms with Crippen molar-refractivity contribution in [3.63, 3.8) is 0 Å². The molecule has 80 valence electrons. The molecule has 4 nitrogen and oxygen atoms in total. The van der Waals surface area contributed by atoms with E-state index in [9.17, 15) is 8.42 Å². The lowest BCUT2D eigenvalue weighted by Gasteiger charge is -2.42. The minimum Gasteiger partial charge on any atom is -0.330 e. The van der Waals surface area contributed by atoms with Gasteiger partial charge in [0.15, 0.2) is 0 Å². The second kappa shape index (κ2) is 3.32. The van der Waals surface area contributed by atoms with Gasteiger partial charge in [-0.1, -0.05) is 12.2 Å². The summed E-state index contributed by atoms with van der Waals surface area (Å²) in [5, 5.41) is -0.670. The molecule has 3 rings (SSSR count). The summed E-state index contributed by atoms with van der Waals surface area (Å²) in [6.07, 6.45) is 5.81. The van der Waals surface area contributed by atoms with Crippen molar-refractivity contribution < 1.29 is 13.0 Å². The van der Waals surface area contributed by atoms with Crippen molar-refractivity contribution in [1.29, 1.82) is 0 Å². The molecule has 14 heavy (non-hydrogen) atoms. The van der Waals surface area contributed by atoms with Crippen molar-refractivity contribution in [2.45, 2.75) is 18.1 Å². The molecule has 0 aliphatic heterocycles. The fraction of sp³-hybridized carbons (Fsp3) is 0.778. The molecule has 0 radical (unpaired) electrons. The number of nitrogens with two attached hydrogens (primary N) is 1. The number of allylic oxidation sites excluding steroid dienone is 2. The number of hydrogen-bond acceptors (Lipinski definition) is 3. The van der Waals surface area contributed by atoms with E-state index >= 15 is 0 Å². The molecule has 0 saturated heterocycles. The Bertz CT molecular complexity index is 349. The van der Waals surface area contributed by atoms with E-state index in [4.69, 9.17) is 10.3 Å². The fourth-order valence-electron chi connectivity index (χ4n) is 2.81. The molecule has 3 aliphatic rings. The molecule has 3 aliphatic carbocycles. The van der Waals surface area contributed by atoms with Crippen LogP contribution in [-0.4, -0.2) is 24.8 Å². The van der Waals surface area contributed by atoms with Crippen molar-refractivity contribution in [2.75, 3.05) is 6.54 Å². The molecule has 4 atom stereocenters. The minimum absolute atomic E-state index is 0.0384. The van der Waals surface area contributed by atoms with Crippen LogP contribution in [0.3, 0.4) is 0 Å². The summed E-state index contributed by atoms with van der Waals surface area (Å²) < 4.78 is 31.6. The van der Waals surface area contributed by atoms with Crippen molar-refractivity contribution in [3.8, 4) is 0 Å². The zero-order valence-electron chi connectivity index (χ0n) is 7.83. The second-order valence-corrected chi connectivity index (χ2v) is 5.74. The van der Waals surface area contributed by atoms with Gasteiger partial charge in [-0.15, -0.1) is 0 Å². The van der Waals surface area contributed by atoms with E-state index in [1.165, 1.54) is 0 Å². The van der Waals surface area contributed by atoms with Gasteiger partial charge in [-0.3, -0.25) is 4.55 Å². The van der Waals surface area contributed by atoms with E-state index < -0.39 is 15.4 Å². The highest BCUT2D eigenvalue weighted by Gasteiger charge is 2.46. The van der Waals surface area contributed by atoms with Crippen molar-refractivity contribution >= 4 is 10.1 Å². The fourth-order valence-corrected chi connectivity index (χ4v) is 4.23. The molecule has 5 heteroatoms. The van der Waals surface area contributed by atoms with Gasteiger partial charge in [0.2, 0.25) is 0 Å². The second-order valence-electron chi connectivity index (χ2n) is 4.17. The number of fused-ring (bicyclic) bond motifs is 2. The largest absolute Gasteiger partial charge is 0.330 e. The van der Waals surface area contributed by atoms with Gasteiger partial charge in [0.1, 0.15) is 0 Å². The first kappa shape index (κ1) is 10.1. The van der Waals surface area contributed by atoms with Crippen molar-refractivity contribution in [2.24, 2.45) is 23.5 Å². The Labute approximate surface area is 83.9 Å². The Kier molecular flexibility index (Phi) is 2.41. The van der Waals surface area contributed by atoms with E-state index in [2.05, 4.69) is 0 Å². The standard InChI is InChI=1S/C9H15NO3S/c10-5-8-6-1-3-7(4-2-6)9(8)14(11,12)13/h1,3,6-9H,2,4-5,10H2,(H,11,12,13). The highest BCUT2D eigenvalue weighted by Crippen LogP contribution is 2.43. The number of hydrogen-bond donors (Lipinski definition) is 2. The third-order valence-electron chi connectivity index (χ3n) is 3.45. The topological polar surface area (TPSA) is 80.4 Å². The smallest absolute Gasteiger partial charge is 0.268 e. The Morgan fingerprint density at radius 3 is 2.21 bits per heavy atom. The monoisotopic (exact) mass is 217 g/mol. The van der Waals surface area contributed by atoms with Crippen LogP contribution < -0.4 is 5.73 Å². The Balaban J connectivity index is 2.36. The normalized spacial score (nSPS) is 41.6. The molecule has 0 aromatic carbocycles. The van der Waals surface area contributed by atoms with Gasteiger partial charge in [0, 0.05) is 0 Å². The summed E-state index contributed by atoms with van der Waals surface area (Å²) in [6.45, 7) is 0.329. The van der Waals surface area contributed by atoms with Crippen LogP contribution >= 0.6 is 0 Å². The first-order chi connectivity index (χ1) is 6.54. The predicted molar refractivity (Wildman–Crippen MR) is 53.2 cm³/mol. The van der Waals surface area contributed by atoms with Gasteiger partial charge in [-0.25, -0.2) is 0 Å². The summed E-state index contributed by atoms with van der Waals surface area (Å²) in [5.41, 5.74) is 5.57. The molecule has 3 N–H and O–H groups in total. The number of rotatable bonds is 2. The molecule has 2 bridgehead atoms. The van der Waals surface area contributed by atoms with Gasteiger partial charge in [-0.05, 0) is 37.1 Å². The van der Waals surface area contributed by atoms with E-state index in [0.29, 0.717) is 6.54 Å². The molecule has 0 aromatic rings. The van der Waals surface area contributed by atoms with Crippen molar-refractivity contribution in [3.05, 3.63) is 12.2 Å². The summed E-state index contributed by atoms with van der Waals surface area (Å²) in [6, 6.07) is 0. The minimum atomic E-state index is -3.95. The Morgan fingerprint density at radius 1 is 1.29 bits per heavy atom. The molecule has 0 spiro atoms. The van der Waals surface area contributed by atoms with E-state index in [-0.39, 0.29) is 17.8 Å². The van der Waals surface area contributed by atoms with Gasteiger partial charge in [0.25, 0.3) is 10.1 Å². The Morgan fingerprint density at radius 2 is 1.86 bits per heavy atom. The maximum absolute atomic E-state index is 11.2. The van der Waals surface area contributed by atoms with Crippen molar-refractivity contribution in [1.82, 2.24) is 0 Å². The summed E-state index contributed by atoms with van der Waals surface area (Å²) >= 11 is 0.